The predicted molar refractivity (Wildman–Crippen MR) is 84.0 cm³/mol. The Kier molecular flexibility index (Phi) is 3.05. The van der Waals surface area contributed by atoms with Crippen LogP contribution >= 0.6 is 0 Å². The van der Waals surface area contributed by atoms with Crippen LogP contribution in [0.3, 0.4) is 0 Å². The van der Waals surface area contributed by atoms with Crippen molar-refractivity contribution >= 4 is 5.91 Å². The van der Waals surface area contributed by atoms with Crippen molar-refractivity contribution in [2.75, 3.05) is 6.54 Å². The first kappa shape index (κ1) is 14.2. The van der Waals surface area contributed by atoms with Gasteiger partial charge >= 0.3 is 0 Å². The number of aryl methyl sites for hydroxylation is 1. The molecule has 1 saturated heterocycles. The van der Waals surface area contributed by atoms with Crippen LogP contribution in [0.4, 0.5) is 0 Å². The number of nitrogens with zero attached hydrogens (tertiary/aromatic N) is 5. The summed E-state index contributed by atoms with van der Waals surface area (Å²) in [5.74, 6) is 2.55. The molecule has 0 N–H and O–H groups in total. The van der Waals surface area contributed by atoms with Crippen molar-refractivity contribution in [1.82, 2.24) is 24.8 Å². The zero-order chi connectivity index (χ0) is 16.3. The van der Waals surface area contributed by atoms with Crippen LogP contribution in [0.5, 0.6) is 0 Å². The molecule has 0 bridgehead atoms. The molecule has 2 saturated carbocycles. The van der Waals surface area contributed by atoms with Gasteiger partial charge in [0.15, 0.2) is 5.82 Å². The third-order valence-electron chi connectivity index (χ3n) is 5.48. The highest BCUT2D eigenvalue weighted by Crippen LogP contribution is 2.50. The second-order valence-electron chi connectivity index (χ2n) is 7.35. The first-order chi connectivity index (χ1) is 11.7. The van der Waals surface area contributed by atoms with Crippen LogP contribution in [0.25, 0.3) is 0 Å². The van der Waals surface area contributed by atoms with Crippen LogP contribution < -0.4 is 0 Å². The average Bonchev–Trinajstić information content (AvgIpc) is 3.42. The Morgan fingerprint density at radius 3 is 2.96 bits per heavy atom. The minimum Gasteiger partial charge on any atom is -0.339 e. The Morgan fingerprint density at radius 1 is 1.33 bits per heavy atom. The summed E-state index contributed by atoms with van der Waals surface area (Å²) in [6, 6.07) is -0.0103. The first-order valence-electron chi connectivity index (χ1n) is 8.83. The summed E-state index contributed by atoms with van der Waals surface area (Å²) in [7, 11) is 1.91. The van der Waals surface area contributed by atoms with Gasteiger partial charge in [0.25, 0.3) is 0 Å². The number of hydrogen-bond donors (Lipinski definition) is 0. The molecular weight excluding hydrogens is 306 g/mol. The number of rotatable bonds is 4. The third-order valence-corrected chi connectivity index (χ3v) is 5.48. The molecular formula is C17H21N5O2. The maximum Gasteiger partial charge on any atom is 0.229 e. The Labute approximate surface area is 140 Å². The van der Waals surface area contributed by atoms with Gasteiger partial charge in [0.1, 0.15) is 0 Å². The second-order valence-corrected chi connectivity index (χ2v) is 7.35. The van der Waals surface area contributed by atoms with Gasteiger partial charge < -0.3 is 9.42 Å². The largest absolute Gasteiger partial charge is 0.339 e. The molecule has 3 atom stereocenters. The van der Waals surface area contributed by atoms with Gasteiger partial charge in [0, 0.05) is 31.6 Å². The van der Waals surface area contributed by atoms with Gasteiger partial charge in [-0.25, -0.2) is 0 Å². The summed E-state index contributed by atoms with van der Waals surface area (Å²) in [6.07, 6.45) is 9.04. The van der Waals surface area contributed by atoms with Gasteiger partial charge in [-0.2, -0.15) is 10.1 Å². The summed E-state index contributed by atoms with van der Waals surface area (Å²) in [4.78, 5) is 19.5. The van der Waals surface area contributed by atoms with Gasteiger partial charge in [-0.15, -0.1) is 0 Å². The molecule has 2 aromatic rings. The summed E-state index contributed by atoms with van der Waals surface area (Å²) < 4.78 is 7.19. The SMILES string of the molecule is Cn1cc([C@@H]2C[C@@H]2C(=O)N2CCC[C@H]2c2noc(C3CC3)n2)cn1. The summed E-state index contributed by atoms with van der Waals surface area (Å²) in [6.45, 7) is 0.799. The van der Waals surface area contributed by atoms with Crippen molar-refractivity contribution in [1.29, 1.82) is 0 Å². The van der Waals surface area contributed by atoms with Crippen LogP contribution in [-0.2, 0) is 11.8 Å². The monoisotopic (exact) mass is 327 g/mol. The van der Waals surface area contributed by atoms with Crippen molar-refractivity contribution in [2.45, 2.75) is 50.0 Å². The highest BCUT2D eigenvalue weighted by molar-refractivity contribution is 5.83. The third kappa shape index (κ3) is 2.34. The number of carbonyl (C=O) groups is 1. The maximum absolute atomic E-state index is 12.9. The van der Waals surface area contributed by atoms with Crippen LogP contribution in [0.1, 0.15) is 67.3 Å². The molecule has 0 spiro atoms. The zero-order valence-corrected chi connectivity index (χ0v) is 13.8. The van der Waals surface area contributed by atoms with Gasteiger partial charge in [0.2, 0.25) is 11.8 Å². The van der Waals surface area contributed by atoms with Gasteiger partial charge in [-0.05, 0) is 43.6 Å². The molecule has 5 rings (SSSR count). The Bertz CT molecular complexity index is 778. The molecule has 0 radical (unpaired) electrons. The Morgan fingerprint density at radius 2 is 2.21 bits per heavy atom. The fourth-order valence-electron chi connectivity index (χ4n) is 3.86. The molecule has 3 heterocycles. The van der Waals surface area contributed by atoms with E-state index < -0.39 is 0 Å². The van der Waals surface area contributed by atoms with Crippen LogP contribution in [0.2, 0.25) is 0 Å². The molecule has 3 fully saturated rings. The number of carbonyl (C=O) groups excluding carboxylic acids is 1. The van der Waals surface area contributed by atoms with Crippen LogP contribution in [-0.4, -0.2) is 37.3 Å². The fraction of sp³-hybridized carbons (Fsp3) is 0.647. The van der Waals surface area contributed by atoms with E-state index in [1.165, 1.54) is 5.56 Å². The summed E-state index contributed by atoms with van der Waals surface area (Å²) in [5, 5.41) is 8.38. The summed E-state index contributed by atoms with van der Waals surface area (Å²) in [5.41, 5.74) is 1.17. The van der Waals surface area contributed by atoms with Gasteiger partial charge in [-0.1, -0.05) is 5.16 Å². The van der Waals surface area contributed by atoms with Crippen molar-refractivity contribution in [3.05, 3.63) is 29.7 Å². The number of amides is 1. The first-order valence-corrected chi connectivity index (χ1v) is 8.83. The number of hydrogen-bond acceptors (Lipinski definition) is 5. The smallest absolute Gasteiger partial charge is 0.229 e. The van der Waals surface area contributed by atoms with Crippen molar-refractivity contribution < 1.29 is 9.32 Å². The van der Waals surface area contributed by atoms with Gasteiger partial charge in [-0.3, -0.25) is 9.48 Å². The minimum atomic E-state index is -0.0103. The van der Waals surface area contributed by atoms with E-state index in [4.69, 9.17) is 4.52 Å². The lowest BCUT2D eigenvalue weighted by atomic mass is 10.1. The van der Waals surface area contributed by atoms with E-state index in [1.54, 1.807) is 4.68 Å². The summed E-state index contributed by atoms with van der Waals surface area (Å²) >= 11 is 0. The van der Waals surface area contributed by atoms with Crippen molar-refractivity contribution in [3.63, 3.8) is 0 Å². The Balaban J connectivity index is 1.31. The highest BCUT2D eigenvalue weighted by Gasteiger charge is 2.49. The molecule has 3 aliphatic rings. The van der Waals surface area contributed by atoms with Crippen LogP contribution in [0.15, 0.2) is 16.9 Å². The lowest BCUT2D eigenvalue weighted by Gasteiger charge is -2.22. The highest BCUT2D eigenvalue weighted by atomic mass is 16.5. The van der Waals surface area contributed by atoms with E-state index in [0.717, 1.165) is 44.5 Å². The normalized spacial score (nSPS) is 29.2. The molecule has 1 amide bonds. The predicted octanol–water partition coefficient (Wildman–Crippen LogP) is 2.15. The van der Waals surface area contributed by atoms with E-state index in [-0.39, 0.29) is 17.9 Å². The average molecular weight is 327 g/mol. The molecule has 7 heteroatoms. The fourth-order valence-corrected chi connectivity index (χ4v) is 3.86. The molecule has 2 aromatic heterocycles. The number of likely N-dealkylation sites (tertiary alicyclic amines) is 1. The Hall–Kier alpha value is -2.18. The molecule has 0 unspecified atom stereocenters. The molecule has 0 aromatic carbocycles. The van der Waals surface area contributed by atoms with E-state index in [0.29, 0.717) is 17.7 Å². The van der Waals surface area contributed by atoms with E-state index in [9.17, 15) is 4.79 Å². The topological polar surface area (TPSA) is 77.0 Å². The molecule has 126 valence electrons. The maximum atomic E-state index is 12.9. The van der Waals surface area contributed by atoms with E-state index in [1.807, 2.05) is 24.3 Å². The lowest BCUT2D eigenvalue weighted by Crippen LogP contribution is -2.32. The standard InChI is InChI=1S/C17H21N5O2/c1-21-9-11(8-18-21)12-7-13(12)17(23)22-6-2-3-14(22)15-19-16(24-20-15)10-4-5-10/h8-10,12-14H,2-7H2,1H3/t12-,13-,14-/m0/s1. The van der Waals surface area contributed by atoms with Gasteiger partial charge in [0.05, 0.1) is 12.2 Å². The molecule has 7 nitrogen and oxygen atoms in total. The molecule has 2 aliphatic carbocycles. The van der Waals surface area contributed by atoms with Crippen molar-refractivity contribution in [3.8, 4) is 0 Å². The van der Waals surface area contributed by atoms with Crippen molar-refractivity contribution in [2.24, 2.45) is 13.0 Å². The quantitative estimate of drug-likeness (QED) is 0.860. The van der Waals surface area contributed by atoms with Crippen LogP contribution in [0, 0.1) is 5.92 Å². The molecule has 1 aliphatic heterocycles. The number of aromatic nitrogens is 4. The van der Waals surface area contributed by atoms with E-state index >= 15 is 0 Å². The van der Waals surface area contributed by atoms with E-state index in [2.05, 4.69) is 15.2 Å². The lowest BCUT2D eigenvalue weighted by molar-refractivity contribution is -0.133. The second kappa shape index (κ2) is 5.16. The molecule has 24 heavy (non-hydrogen) atoms. The zero-order valence-electron chi connectivity index (χ0n) is 13.8. The minimum absolute atomic E-state index is 0.0103.